The van der Waals surface area contributed by atoms with Gasteiger partial charge >= 0.3 is 0 Å². The molecule has 0 aromatic carbocycles. The van der Waals surface area contributed by atoms with Crippen LogP contribution in [-0.2, 0) is 17.6 Å². The predicted octanol–water partition coefficient (Wildman–Crippen LogP) is 3.38. The van der Waals surface area contributed by atoms with Gasteiger partial charge in [-0.1, -0.05) is 16.8 Å². The number of hydrogen-bond donors (Lipinski definition) is 1. The molecule has 0 aliphatic rings. The van der Waals surface area contributed by atoms with Crippen molar-refractivity contribution in [3.63, 3.8) is 0 Å². The average molecular weight is 313 g/mol. The lowest BCUT2D eigenvalue weighted by Crippen LogP contribution is -2.26. The highest BCUT2D eigenvalue weighted by Gasteiger charge is 2.06. The molecule has 0 atom stereocenters. The number of hydrogen-bond acceptors (Lipinski definition) is 4. The van der Waals surface area contributed by atoms with E-state index in [-0.39, 0.29) is 12.3 Å². The molecular formula is C14H17ClN2O2S. The van der Waals surface area contributed by atoms with E-state index in [1.165, 1.54) is 4.88 Å². The minimum Gasteiger partial charge on any atom is -0.361 e. The molecule has 2 aromatic heterocycles. The zero-order valence-electron chi connectivity index (χ0n) is 11.3. The molecule has 2 aromatic rings. The molecule has 0 spiro atoms. The maximum atomic E-state index is 11.7. The molecule has 0 saturated carbocycles. The fourth-order valence-electron chi connectivity index (χ4n) is 1.87. The van der Waals surface area contributed by atoms with Gasteiger partial charge in [0.25, 0.3) is 0 Å². The van der Waals surface area contributed by atoms with E-state index >= 15 is 0 Å². The van der Waals surface area contributed by atoms with Crippen molar-refractivity contribution in [3.8, 4) is 0 Å². The van der Waals surface area contributed by atoms with Gasteiger partial charge in [-0.15, -0.1) is 11.3 Å². The van der Waals surface area contributed by atoms with Gasteiger partial charge in [-0.3, -0.25) is 4.79 Å². The van der Waals surface area contributed by atoms with Gasteiger partial charge in [0, 0.05) is 17.5 Å². The van der Waals surface area contributed by atoms with Crippen LogP contribution in [0.5, 0.6) is 0 Å². The zero-order chi connectivity index (χ0) is 14.4. The standard InChI is InChI=1S/C14H17ClN2O2S/c1-10-8-11(17-19-10)9-14(18)16-7-3-2-4-12-5-6-13(15)20-12/h5-6,8H,2-4,7,9H2,1H3,(H,16,18). The average Bonchev–Trinajstić information content (AvgIpc) is 2.98. The Morgan fingerprint density at radius 3 is 2.95 bits per heavy atom. The van der Waals surface area contributed by atoms with Crippen LogP contribution in [-0.4, -0.2) is 17.6 Å². The summed E-state index contributed by atoms with van der Waals surface area (Å²) in [6, 6.07) is 5.75. The second-order valence-electron chi connectivity index (χ2n) is 4.62. The quantitative estimate of drug-likeness (QED) is 0.797. The molecule has 1 N–H and O–H groups in total. The molecule has 1 amide bonds. The first-order chi connectivity index (χ1) is 9.63. The fraction of sp³-hybridized carbons (Fsp3) is 0.429. The summed E-state index contributed by atoms with van der Waals surface area (Å²) in [5.41, 5.74) is 0.674. The molecule has 4 nitrogen and oxygen atoms in total. The Hall–Kier alpha value is -1.33. The Morgan fingerprint density at radius 1 is 1.45 bits per heavy atom. The number of amides is 1. The van der Waals surface area contributed by atoms with Gasteiger partial charge in [-0.2, -0.15) is 0 Å². The smallest absolute Gasteiger partial charge is 0.226 e. The first-order valence-corrected chi connectivity index (χ1v) is 7.76. The second-order valence-corrected chi connectivity index (χ2v) is 6.42. The van der Waals surface area contributed by atoms with E-state index in [1.807, 2.05) is 13.0 Å². The summed E-state index contributed by atoms with van der Waals surface area (Å²) in [6.45, 7) is 2.50. The molecule has 0 aliphatic carbocycles. The van der Waals surface area contributed by atoms with Gasteiger partial charge < -0.3 is 9.84 Å². The van der Waals surface area contributed by atoms with Crippen LogP contribution >= 0.6 is 22.9 Å². The first-order valence-electron chi connectivity index (χ1n) is 6.56. The number of halogens is 1. The Kier molecular flexibility index (Phi) is 5.61. The van der Waals surface area contributed by atoms with Crippen LogP contribution < -0.4 is 5.32 Å². The highest BCUT2D eigenvalue weighted by Crippen LogP contribution is 2.22. The molecule has 2 rings (SSSR count). The summed E-state index contributed by atoms with van der Waals surface area (Å²) < 4.78 is 5.75. The molecule has 6 heteroatoms. The number of carbonyl (C=O) groups excluding carboxylic acids is 1. The highest BCUT2D eigenvalue weighted by atomic mass is 35.5. The van der Waals surface area contributed by atoms with Crippen molar-refractivity contribution in [2.75, 3.05) is 6.54 Å². The van der Waals surface area contributed by atoms with Crippen LogP contribution in [0.1, 0.15) is 29.2 Å². The summed E-state index contributed by atoms with van der Waals surface area (Å²) in [4.78, 5) is 12.9. The number of rotatable bonds is 7. The summed E-state index contributed by atoms with van der Waals surface area (Å²) >= 11 is 7.48. The van der Waals surface area contributed by atoms with Gasteiger partial charge in [-0.25, -0.2) is 0 Å². The van der Waals surface area contributed by atoms with E-state index in [4.69, 9.17) is 16.1 Å². The molecule has 2 heterocycles. The van der Waals surface area contributed by atoms with Crippen LogP contribution in [0.4, 0.5) is 0 Å². The van der Waals surface area contributed by atoms with E-state index in [9.17, 15) is 4.79 Å². The highest BCUT2D eigenvalue weighted by molar-refractivity contribution is 7.16. The number of nitrogens with one attached hydrogen (secondary N) is 1. The molecule has 0 aliphatic heterocycles. The second kappa shape index (κ2) is 7.45. The van der Waals surface area contributed by atoms with Crippen molar-refractivity contribution < 1.29 is 9.32 Å². The number of nitrogens with zero attached hydrogens (tertiary/aromatic N) is 1. The Labute approximate surface area is 127 Å². The van der Waals surface area contributed by atoms with Gasteiger partial charge in [0.2, 0.25) is 5.91 Å². The van der Waals surface area contributed by atoms with E-state index in [2.05, 4.69) is 16.5 Å². The number of aryl methyl sites for hydroxylation is 2. The van der Waals surface area contributed by atoms with Crippen LogP contribution in [0, 0.1) is 6.92 Å². The van der Waals surface area contributed by atoms with Crippen molar-refractivity contribution in [2.45, 2.75) is 32.6 Å². The molecule has 20 heavy (non-hydrogen) atoms. The molecule has 108 valence electrons. The third kappa shape index (κ3) is 4.98. The molecule has 0 bridgehead atoms. The predicted molar refractivity (Wildman–Crippen MR) is 80.2 cm³/mol. The molecule has 0 unspecified atom stereocenters. The Morgan fingerprint density at radius 2 is 2.30 bits per heavy atom. The maximum absolute atomic E-state index is 11.7. The lowest BCUT2D eigenvalue weighted by Gasteiger charge is -2.03. The topological polar surface area (TPSA) is 55.1 Å². The van der Waals surface area contributed by atoms with E-state index < -0.39 is 0 Å². The van der Waals surface area contributed by atoms with E-state index in [1.54, 1.807) is 17.4 Å². The summed E-state index contributed by atoms with van der Waals surface area (Å²) in [5.74, 6) is 0.708. The van der Waals surface area contributed by atoms with Crippen LogP contribution in [0.3, 0.4) is 0 Å². The van der Waals surface area contributed by atoms with Gasteiger partial charge in [0.05, 0.1) is 16.5 Å². The largest absolute Gasteiger partial charge is 0.361 e. The minimum atomic E-state index is -0.0162. The van der Waals surface area contributed by atoms with Crippen molar-refractivity contribution in [1.82, 2.24) is 10.5 Å². The monoisotopic (exact) mass is 312 g/mol. The van der Waals surface area contributed by atoms with Crippen LogP contribution in [0.2, 0.25) is 4.34 Å². The van der Waals surface area contributed by atoms with Gasteiger partial charge in [-0.05, 0) is 38.3 Å². The Bertz CT molecular complexity index is 565. The third-order valence-electron chi connectivity index (χ3n) is 2.82. The van der Waals surface area contributed by atoms with Gasteiger partial charge in [0.15, 0.2) is 0 Å². The van der Waals surface area contributed by atoms with Crippen LogP contribution in [0.25, 0.3) is 0 Å². The molecule has 0 fully saturated rings. The minimum absolute atomic E-state index is 0.0162. The third-order valence-corrected chi connectivity index (χ3v) is 4.11. The molecular weight excluding hydrogens is 296 g/mol. The summed E-state index contributed by atoms with van der Waals surface area (Å²) in [6.07, 6.45) is 3.28. The number of carbonyl (C=O) groups is 1. The van der Waals surface area contributed by atoms with Crippen molar-refractivity contribution in [1.29, 1.82) is 0 Å². The lowest BCUT2D eigenvalue weighted by atomic mass is 10.2. The van der Waals surface area contributed by atoms with Crippen molar-refractivity contribution in [2.24, 2.45) is 0 Å². The number of unbranched alkanes of at least 4 members (excludes halogenated alkanes) is 1. The zero-order valence-corrected chi connectivity index (χ0v) is 12.9. The summed E-state index contributed by atoms with van der Waals surface area (Å²) in [5, 5.41) is 6.68. The maximum Gasteiger partial charge on any atom is 0.226 e. The Balaban J connectivity index is 1.57. The molecule has 0 radical (unpaired) electrons. The normalized spacial score (nSPS) is 10.7. The van der Waals surface area contributed by atoms with Gasteiger partial charge in [0.1, 0.15) is 5.76 Å². The SMILES string of the molecule is Cc1cc(CC(=O)NCCCCc2ccc(Cl)s2)no1. The first kappa shape index (κ1) is 15.1. The number of thiophene rings is 1. The lowest BCUT2D eigenvalue weighted by molar-refractivity contribution is -0.120. The number of aromatic nitrogens is 1. The van der Waals surface area contributed by atoms with Crippen molar-refractivity contribution >= 4 is 28.8 Å². The summed E-state index contributed by atoms with van der Waals surface area (Å²) in [7, 11) is 0. The fourth-order valence-corrected chi connectivity index (χ4v) is 3.00. The van der Waals surface area contributed by atoms with Crippen LogP contribution in [0.15, 0.2) is 22.7 Å². The van der Waals surface area contributed by atoms with Crippen molar-refractivity contribution in [3.05, 3.63) is 38.9 Å². The van der Waals surface area contributed by atoms with E-state index in [0.717, 1.165) is 29.4 Å². The van der Waals surface area contributed by atoms with E-state index in [0.29, 0.717) is 12.2 Å². The molecule has 0 saturated heterocycles.